The molecule has 6 nitrogen and oxygen atoms in total. The molecule has 2 aromatic heterocycles. The topological polar surface area (TPSA) is 53.5 Å². The van der Waals surface area contributed by atoms with Crippen molar-refractivity contribution in [2.75, 3.05) is 39.8 Å². The number of aromatic nitrogens is 2. The van der Waals surface area contributed by atoms with Gasteiger partial charge in [-0.05, 0) is 49.7 Å². The van der Waals surface area contributed by atoms with Gasteiger partial charge in [0.25, 0.3) is 0 Å². The molecule has 0 radical (unpaired) electrons. The van der Waals surface area contributed by atoms with Gasteiger partial charge in [0.1, 0.15) is 5.15 Å². The van der Waals surface area contributed by atoms with Gasteiger partial charge in [0.05, 0.1) is 23.7 Å². The van der Waals surface area contributed by atoms with Crippen LogP contribution >= 0.6 is 11.6 Å². The monoisotopic (exact) mass is 373 g/mol. The summed E-state index contributed by atoms with van der Waals surface area (Å²) in [6.07, 6.45) is 6.83. The number of likely N-dealkylation sites (tertiary alicyclic amines) is 1. The number of nitrogens with one attached hydrogen (secondary N) is 1. The average Bonchev–Trinajstić information content (AvgIpc) is 3.32. The predicted octanol–water partition coefficient (Wildman–Crippen LogP) is 2.56. The number of halogens is 1. The zero-order valence-corrected chi connectivity index (χ0v) is 15.7. The van der Waals surface area contributed by atoms with Crippen molar-refractivity contribution in [3.05, 3.63) is 41.3 Å². The Morgan fingerprint density at radius 1 is 1.23 bits per heavy atom. The molecular formula is C19H24ClN5O. The highest BCUT2D eigenvalue weighted by atomic mass is 35.5. The molecule has 0 aliphatic carbocycles. The molecule has 1 unspecified atom stereocenters. The Hall–Kier alpha value is -1.73. The minimum atomic E-state index is 0.186. The van der Waals surface area contributed by atoms with E-state index < -0.39 is 0 Å². The number of hydrogen-bond donors (Lipinski definition) is 1. The van der Waals surface area contributed by atoms with Crippen molar-refractivity contribution >= 4 is 28.2 Å². The van der Waals surface area contributed by atoms with Crippen LogP contribution in [0.2, 0.25) is 5.15 Å². The van der Waals surface area contributed by atoms with E-state index in [0.717, 1.165) is 36.2 Å². The summed E-state index contributed by atoms with van der Waals surface area (Å²) >= 11 is 6.00. The number of hydrogen-bond acceptors (Lipinski definition) is 6. The van der Waals surface area contributed by atoms with Gasteiger partial charge in [-0.3, -0.25) is 4.98 Å². The summed E-state index contributed by atoms with van der Waals surface area (Å²) in [5, 5.41) is 2.61. The van der Waals surface area contributed by atoms with Crippen LogP contribution < -0.4 is 5.43 Å². The Morgan fingerprint density at radius 3 is 2.88 bits per heavy atom. The summed E-state index contributed by atoms with van der Waals surface area (Å²) in [5.41, 5.74) is 7.35. The third-order valence-electron chi connectivity index (χ3n) is 5.05. The van der Waals surface area contributed by atoms with Crippen molar-refractivity contribution in [1.29, 1.82) is 0 Å². The van der Waals surface area contributed by atoms with E-state index in [9.17, 15) is 0 Å². The van der Waals surface area contributed by atoms with Crippen molar-refractivity contribution in [2.24, 2.45) is 0 Å². The Labute approximate surface area is 158 Å². The van der Waals surface area contributed by atoms with Gasteiger partial charge in [0, 0.05) is 38.2 Å². The molecule has 0 saturated carbocycles. The minimum Gasteiger partial charge on any atom is -0.378 e. The van der Waals surface area contributed by atoms with E-state index in [1.165, 1.54) is 31.5 Å². The smallest absolute Gasteiger partial charge is 0.129 e. The van der Waals surface area contributed by atoms with Crippen LogP contribution in [0.5, 0.6) is 0 Å². The van der Waals surface area contributed by atoms with Gasteiger partial charge in [-0.1, -0.05) is 11.6 Å². The molecule has 0 spiro atoms. The van der Waals surface area contributed by atoms with Gasteiger partial charge in [0.15, 0.2) is 0 Å². The third-order valence-corrected chi connectivity index (χ3v) is 5.26. The molecule has 1 N–H and O–H groups in total. The number of hydrazine groups is 1. The highest BCUT2D eigenvalue weighted by Gasteiger charge is 2.21. The summed E-state index contributed by atoms with van der Waals surface area (Å²) in [5.74, 6) is 0. The molecule has 1 saturated heterocycles. The lowest BCUT2D eigenvalue weighted by Gasteiger charge is -2.26. The fourth-order valence-corrected chi connectivity index (χ4v) is 3.75. The average molecular weight is 374 g/mol. The van der Waals surface area contributed by atoms with Crippen molar-refractivity contribution in [1.82, 2.24) is 25.3 Å². The molecule has 0 amide bonds. The van der Waals surface area contributed by atoms with Gasteiger partial charge in [0.2, 0.25) is 0 Å². The Kier molecular flexibility index (Phi) is 5.36. The van der Waals surface area contributed by atoms with Crippen molar-refractivity contribution in [2.45, 2.75) is 18.9 Å². The lowest BCUT2D eigenvalue weighted by atomic mass is 10.1. The van der Waals surface area contributed by atoms with Gasteiger partial charge < -0.3 is 14.6 Å². The normalized spacial score (nSPS) is 19.3. The lowest BCUT2D eigenvalue weighted by molar-refractivity contribution is 0.0438. The predicted molar refractivity (Wildman–Crippen MR) is 104 cm³/mol. The maximum atomic E-state index is 6.00. The van der Waals surface area contributed by atoms with Crippen molar-refractivity contribution < 1.29 is 4.74 Å². The maximum absolute atomic E-state index is 6.00. The van der Waals surface area contributed by atoms with Crippen LogP contribution in [0.25, 0.3) is 16.6 Å². The first-order valence-electron chi connectivity index (χ1n) is 9.10. The van der Waals surface area contributed by atoms with Crippen molar-refractivity contribution in [3.63, 3.8) is 0 Å². The molecule has 1 atom stereocenters. The molecule has 2 aromatic rings. The number of methoxy groups -OCH3 is 1. The summed E-state index contributed by atoms with van der Waals surface area (Å²) in [4.78, 5) is 11.3. The van der Waals surface area contributed by atoms with E-state index in [1.807, 2.05) is 18.3 Å². The molecule has 2 aliphatic rings. The molecule has 7 heteroatoms. The van der Waals surface area contributed by atoms with Crippen LogP contribution in [0.3, 0.4) is 0 Å². The number of rotatable bonds is 6. The Balaban J connectivity index is 1.45. The number of fused-ring (bicyclic) bond motifs is 1. The zero-order chi connectivity index (χ0) is 17.9. The van der Waals surface area contributed by atoms with E-state index in [0.29, 0.717) is 5.15 Å². The molecule has 0 aromatic carbocycles. The van der Waals surface area contributed by atoms with E-state index in [2.05, 4.69) is 31.5 Å². The van der Waals surface area contributed by atoms with E-state index in [1.54, 1.807) is 13.2 Å². The largest absolute Gasteiger partial charge is 0.378 e. The summed E-state index contributed by atoms with van der Waals surface area (Å²) in [6.45, 7) is 4.95. The van der Waals surface area contributed by atoms with Crippen LogP contribution in [-0.2, 0) is 4.74 Å². The second-order valence-corrected chi connectivity index (χ2v) is 7.29. The molecule has 26 heavy (non-hydrogen) atoms. The minimum absolute atomic E-state index is 0.186. The number of pyridine rings is 2. The lowest BCUT2D eigenvalue weighted by Crippen LogP contribution is -2.42. The highest BCUT2D eigenvalue weighted by Crippen LogP contribution is 2.22. The molecule has 1 fully saturated rings. The molecule has 4 heterocycles. The van der Waals surface area contributed by atoms with E-state index in [4.69, 9.17) is 16.3 Å². The fraction of sp³-hybridized carbons (Fsp3) is 0.474. The zero-order valence-electron chi connectivity index (χ0n) is 15.0. The van der Waals surface area contributed by atoms with Crippen LogP contribution in [0, 0.1) is 0 Å². The SMILES string of the molecule is COC(CN1CCCC1)CN1C=C(c2cnc3ccc(Cl)nc3c2)CN1. The van der Waals surface area contributed by atoms with Crippen LogP contribution in [0.4, 0.5) is 0 Å². The Morgan fingerprint density at radius 2 is 2.08 bits per heavy atom. The quantitative estimate of drug-likeness (QED) is 0.785. The van der Waals surface area contributed by atoms with Crippen LogP contribution in [0.15, 0.2) is 30.6 Å². The number of nitrogens with zero attached hydrogens (tertiary/aromatic N) is 4. The van der Waals surface area contributed by atoms with E-state index in [-0.39, 0.29) is 6.10 Å². The second-order valence-electron chi connectivity index (χ2n) is 6.90. The molecular weight excluding hydrogens is 350 g/mol. The standard InChI is InChI=1S/C19H24ClN5O/c1-26-16(12-24-6-2-3-7-24)13-25-11-15(10-22-25)14-8-18-17(21-9-14)4-5-19(20)23-18/h4-5,8-9,11,16,22H,2-3,6-7,10,12-13H2,1H3. The van der Waals surface area contributed by atoms with Gasteiger partial charge >= 0.3 is 0 Å². The van der Waals surface area contributed by atoms with Crippen molar-refractivity contribution in [3.8, 4) is 0 Å². The summed E-state index contributed by atoms with van der Waals surface area (Å²) in [7, 11) is 1.80. The fourth-order valence-electron chi connectivity index (χ4n) is 3.60. The van der Waals surface area contributed by atoms with Crippen LogP contribution in [0.1, 0.15) is 18.4 Å². The second kappa shape index (κ2) is 7.88. The molecule has 138 valence electrons. The van der Waals surface area contributed by atoms with E-state index >= 15 is 0 Å². The van der Waals surface area contributed by atoms with Crippen LogP contribution in [-0.4, -0.2) is 65.8 Å². The van der Waals surface area contributed by atoms with Gasteiger partial charge in [-0.25, -0.2) is 10.4 Å². The first-order valence-corrected chi connectivity index (χ1v) is 9.48. The van der Waals surface area contributed by atoms with Gasteiger partial charge in [-0.15, -0.1) is 0 Å². The molecule has 0 bridgehead atoms. The van der Waals surface area contributed by atoms with Gasteiger partial charge in [-0.2, -0.15) is 0 Å². The molecule has 4 rings (SSSR count). The highest BCUT2D eigenvalue weighted by molar-refractivity contribution is 6.29. The third kappa shape index (κ3) is 3.99. The first kappa shape index (κ1) is 17.7. The number of ether oxygens (including phenoxy) is 1. The summed E-state index contributed by atoms with van der Waals surface area (Å²) < 4.78 is 5.70. The molecule has 2 aliphatic heterocycles. The first-order chi connectivity index (χ1) is 12.7. The maximum Gasteiger partial charge on any atom is 0.129 e. The Bertz CT molecular complexity index is 806. The summed E-state index contributed by atoms with van der Waals surface area (Å²) in [6, 6.07) is 5.70.